The van der Waals surface area contributed by atoms with Crippen molar-refractivity contribution < 1.29 is 14.7 Å². The second-order valence-electron chi connectivity index (χ2n) is 5.93. The molecular weight excluding hydrogens is 260 g/mol. The average Bonchev–Trinajstić information content (AvgIpc) is 2.83. The standard InChI is InChI=1S/C13H22N4O3/c1-6-7(2)8(11(19)20)14-10(18)9-15-12(17-16-9)13(3,4)5/h7-8H,6H2,1-5H3,(H,14,18)(H,19,20)(H,15,16,17)/t7-,8-/m0/s1. The first-order valence-electron chi connectivity index (χ1n) is 6.63. The third-order valence-corrected chi connectivity index (χ3v) is 3.16. The molecule has 2 atom stereocenters. The number of carboxylic acid groups (broad SMARTS) is 1. The Balaban J connectivity index is 2.85. The summed E-state index contributed by atoms with van der Waals surface area (Å²) in [7, 11) is 0. The lowest BCUT2D eigenvalue weighted by Gasteiger charge is -2.19. The van der Waals surface area contributed by atoms with Gasteiger partial charge in [0, 0.05) is 5.41 Å². The minimum Gasteiger partial charge on any atom is -0.480 e. The highest BCUT2D eigenvalue weighted by atomic mass is 16.4. The highest BCUT2D eigenvalue weighted by Crippen LogP contribution is 2.17. The molecule has 0 spiro atoms. The molecule has 0 unspecified atom stereocenters. The predicted molar refractivity (Wildman–Crippen MR) is 73.4 cm³/mol. The molecule has 0 radical (unpaired) electrons. The number of carbonyl (C=O) groups is 2. The van der Waals surface area contributed by atoms with Crippen LogP contribution in [0.4, 0.5) is 0 Å². The van der Waals surface area contributed by atoms with Crippen molar-refractivity contribution in [3.05, 3.63) is 11.6 Å². The monoisotopic (exact) mass is 282 g/mol. The zero-order valence-corrected chi connectivity index (χ0v) is 12.5. The first-order valence-corrected chi connectivity index (χ1v) is 6.63. The van der Waals surface area contributed by atoms with Crippen LogP contribution in [-0.2, 0) is 10.2 Å². The van der Waals surface area contributed by atoms with E-state index in [1.54, 1.807) is 6.92 Å². The molecule has 0 fully saturated rings. The van der Waals surface area contributed by atoms with Crippen LogP contribution in [0.25, 0.3) is 0 Å². The summed E-state index contributed by atoms with van der Waals surface area (Å²) in [6, 6.07) is -0.941. The summed E-state index contributed by atoms with van der Waals surface area (Å²) < 4.78 is 0. The summed E-state index contributed by atoms with van der Waals surface area (Å²) in [4.78, 5) is 27.3. The molecule has 7 heteroatoms. The number of nitrogens with zero attached hydrogens (tertiary/aromatic N) is 2. The molecule has 0 aliphatic heterocycles. The number of hydrogen-bond acceptors (Lipinski definition) is 4. The molecule has 1 rings (SSSR count). The molecular formula is C13H22N4O3. The summed E-state index contributed by atoms with van der Waals surface area (Å²) in [6.07, 6.45) is 0.651. The SMILES string of the molecule is CC[C@H](C)[C@H](NC(=O)c1n[nH]c(C(C)(C)C)n1)C(=O)O. The number of amides is 1. The highest BCUT2D eigenvalue weighted by Gasteiger charge is 2.28. The Morgan fingerprint density at radius 3 is 2.40 bits per heavy atom. The molecule has 0 aliphatic rings. The van der Waals surface area contributed by atoms with E-state index in [9.17, 15) is 9.59 Å². The largest absolute Gasteiger partial charge is 0.480 e. The number of carbonyl (C=O) groups excluding carboxylic acids is 1. The third-order valence-electron chi connectivity index (χ3n) is 3.16. The Hall–Kier alpha value is -1.92. The predicted octanol–water partition coefficient (Wildman–Crippen LogP) is 1.33. The van der Waals surface area contributed by atoms with Crippen LogP contribution in [0.1, 0.15) is 57.5 Å². The van der Waals surface area contributed by atoms with Crippen LogP contribution in [0.3, 0.4) is 0 Å². The maximum Gasteiger partial charge on any atom is 0.326 e. The van der Waals surface area contributed by atoms with Crippen molar-refractivity contribution in [3.8, 4) is 0 Å². The number of aliphatic carboxylic acids is 1. The normalized spacial score (nSPS) is 14.7. The van der Waals surface area contributed by atoms with Crippen molar-refractivity contribution in [1.29, 1.82) is 0 Å². The van der Waals surface area contributed by atoms with Crippen LogP contribution < -0.4 is 5.32 Å². The number of aromatic nitrogens is 3. The van der Waals surface area contributed by atoms with Gasteiger partial charge in [0.25, 0.3) is 5.91 Å². The van der Waals surface area contributed by atoms with Gasteiger partial charge in [-0.25, -0.2) is 9.78 Å². The van der Waals surface area contributed by atoms with E-state index in [2.05, 4.69) is 20.5 Å². The van der Waals surface area contributed by atoms with Crippen LogP contribution >= 0.6 is 0 Å². The van der Waals surface area contributed by atoms with Gasteiger partial charge in [-0.15, -0.1) is 5.10 Å². The molecule has 0 saturated heterocycles. The number of aromatic amines is 1. The molecule has 0 aromatic carbocycles. The number of hydrogen-bond donors (Lipinski definition) is 3. The van der Waals surface area contributed by atoms with Gasteiger partial charge >= 0.3 is 5.97 Å². The lowest BCUT2D eigenvalue weighted by molar-refractivity contribution is -0.140. The van der Waals surface area contributed by atoms with E-state index >= 15 is 0 Å². The first-order chi connectivity index (χ1) is 9.16. The van der Waals surface area contributed by atoms with E-state index < -0.39 is 17.9 Å². The zero-order chi connectivity index (χ0) is 15.5. The average molecular weight is 282 g/mol. The van der Waals surface area contributed by atoms with E-state index in [0.717, 1.165) is 0 Å². The summed E-state index contributed by atoms with van der Waals surface area (Å²) in [6.45, 7) is 9.46. The van der Waals surface area contributed by atoms with E-state index in [4.69, 9.17) is 5.11 Å². The van der Waals surface area contributed by atoms with Gasteiger partial charge in [-0.1, -0.05) is 41.0 Å². The molecule has 1 amide bonds. The topological polar surface area (TPSA) is 108 Å². The fourth-order valence-corrected chi connectivity index (χ4v) is 1.59. The molecule has 0 aliphatic carbocycles. The van der Waals surface area contributed by atoms with Crippen LogP contribution in [0.2, 0.25) is 0 Å². The maximum atomic E-state index is 12.0. The first kappa shape index (κ1) is 16.1. The molecule has 7 nitrogen and oxygen atoms in total. The smallest absolute Gasteiger partial charge is 0.326 e. The molecule has 1 aromatic heterocycles. The van der Waals surface area contributed by atoms with Crippen LogP contribution in [-0.4, -0.2) is 38.2 Å². The van der Waals surface area contributed by atoms with Crippen molar-refractivity contribution in [3.63, 3.8) is 0 Å². The Morgan fingerprint density at radius 2 is 2.00 bits per heavy atom. The highest BCUT2D eigenvalue weighted by molar-refractivity contribution is 5.93. The fraction of sp³-hybridized carbons (Fsp3) is 0.692. The van der Waals surface area contributed by atoms with Gasteiger partial charge in [0.15, 0.2) is 0 Å². The van der Waals surface area contributed by atoms with E-state index in [1.807, 2.05) is 27.7 Å². The summed E-state index contributed by atoms with van der Waals surface area (Å²) in [5.41, 5.74) is -0.256. The lowest BCUT2D eigenvalue weighted by Crippen LogP contribution is -2.45. The quantitative estimate of drug-likeness (QED) is 0.755. The molecule has 0 saturated carbocycles. The van der Waals surface area contributed by atoms with Gasteiger partial charge in [0.2, 0.25) is 5.82 Å². The molecule has 1 heterocycles. The summed E-state index contributed by atoms with van der Waals surface area (Å²) in [5, 5.41) is 18.1. The van der Waals surface area contributed by atoms with Crippen molar-refractivity contribution in [2.24, 2.45) is 5.92 Å². The maximum absolute atomic E-state index is 12.0. The van der Waals surface area contributed by atoms with Gasteiger partial charge < -0.3 is 10.4 Å². The van der Waals surface area contributed by atoms with Crippen LogP contribution in [0, 0.1) is 5.92 Å². The van der Waals surface area contributed by atoms with Crippen molar-refractivity contribution in [1.82, 2.24) is 20.5 Å². The molecule has 1 aromatic rings. The third kappa shape index (κ3) is 3.79. The number of nitrogens with one attached hydrogen (secondary N) is 2. The molecule has 20 heavy (non-hydrogen) atoms. The van der Waals surface area contributed by atoms with E-state index in [0.29, 0.717) is 12.2 Å². The van der Waals surface area contributed by atoms with Gasteiger partial charge in [0.1, 0.15) is 11.9 Å². The van der Waals surface area contributed by atoms with E-state index in [-0.39, 0.29) is 17.2 Å². The lowest BCUT2D eigenvalue weighted by atomic mass is 9.96. The minimum atomic E-state index is -1.06. The molecule has 112 valence electrons. The second-order valence-corrected chi connectivity index (χ2v) is 5.93. The Bertz CT molecular complexity index is 490. The molecule has 3 N–H and O–H groups in total. The Morgan fingerprint density at radius 1 is 1.40 bits per heavy atom. The summed E-state index contributed by atoms with van der Waals surface area (Å²) in [5.74, 6) is -1.26. The Kier molecular flexibility index (Phi) is 4.86. The van der Waals surface area contributed by atoms with Gasteiger partial charge in [-0.05, 0) is 5.92 Å². The van der Waals surface area contributed by atoms with Gasteiger partial charge in [-0.2, -0.15) is 0 Å². The second kappa shape index (κ2) is 6.02. The fourth-order valence-electron chi connectivity index (χ4n) is 1.59. The Labute approximate surface area is 118 Å². The number of rotatable bonds is 5. The van der Waals surface area contributed by atoms with Crippen molar-refractivity contribution in [2.45, 2.75) is 52.5 Å². The zero-order valence-electron chi connectivity index (χ0n) is 12.5. The van der Waals surface area contributed by atoms with Crippen LogP contribution in [0.5, 0.6) is 0 Å². The van der Waals surface area contributed by atoms with Crippen molar-refractivity contribution in [2.75, 3.05) is 0 Å². The van der Waals surface area contributed by atoms with Crippen molar-refractivity contribution >= 4 is 11.9 Å². The van der Waals surface area contributed by atoms with Crippen LogP contribution in [0.15, 0.2) is 0 Å². The van der Waals surface area contributed by atoms with E-state index in [1.165, 1.54) is 0 Å². The van der Waals surface area contributed by atoms with Gasteiger partial charge in [0.05, 0.1) is 0 Å². The minimum absolute atomic E-state index is 0.0375. The number of H-pyrrole nitrogens is 1. The van der Waals surface area contributed by atoms with Gasteiger partial charge in [-0.3, -0.25) is 9.89 Å². The summed E-state index contributed by atoms with van der Waals surface area (Å²) >= 11 is 0. The number of carboxylic acids is 1. The molecule has 0 bridgehead atoms.